The Balaban J connectivity index is 2.51. The average Bonchev–Trinajstić information content (AvgIpc) is 2.48. The fourth-order valence-corrected chi connectivity index (χ4v) is 1.86. The van der Waals surface area contributed by atoms with Crippen molar-refractivity contribution < 1.29 is 14.4 Å². The molecule has 6 nitrogen and oxygen atoms in total. The molecule has 0 bridgehead atoms. The number of hydrogen-bond donors (Lipinski definition) is 0. The van der Waals surface area contributed by atoms with E-state index in [4.69, 9.17) is 9.47 Å². The Morgan fingerprint density at radius 2 is 2.10 bits per heavy atom. The van der Waals surface area contributed by atoms with E-state index in [-0.39, 0.29) is 5.69 Å². The second kappa shape index (κ2) is 6.01. The molecular formula is C14H14N2O4. The summed E-state index contributed by atoms with van der Waals surface area (Å²) in [5.74, 6) is 1.11. The molecule has 0 saturated heterocycles. The lowest BCUT2D eigenvalue weighted by Gasteiger charge is -2.10. The van der Waals surface area contributed by atoms with Gasteiger partial charge in [0, 0.05) is 17.8 Å². The Hall–Kier alpha value is -2.63. The summed E-state index contributed by atoms with van der Waals surface area (Å²) < 4.78 is 10.7. The summed E-state index contributed by atoms with van der Waals surface area (Å²) in [6, 6.07) is 8.08. The number of rotatable bonds is 5. The number of pyridine rings is 1. The Kier molecular flexibility index (Phi) is 4.14. The molecule has 0 saturated carbocycles. The molecule has 0 atom stereocenters. The van der Waals surface area contributed by atoms with Gasteiger partial charge in [-0.05, 0) is 31.2 Å². The van der Waals surface area contributed by atoms with Gasteiger partial charge in [0.2, 0.25) is 0 Å². The van der Waals surface area contributed by atoms with Crippen molar-refractivity contribution in [1.82, 2.24) is 4.98 Å². The number of nitro groups is 1. The Labute approximate surface area is 116 Å². The fourth-order valence-electron chi connectivity index (χ4n) is 1.86. The maximum absolute atomic E-state index is 11.0. The van der Waals surface area contributed by atoms with Gasteiger partial charge in [0.05, 0.1) is 18.6 Å². The standard InChI is InChI=1S/C14H14N2O4/c1-3-20-12-7-6-10(9-13(12)19-2)14-11(16(17)18)5-4-8-15-14/h4-9H,3H2,1-2H3. The first-order chi connectivity index (χ1) is 9.67. The topological polar surface area (TPSA) is 74.5 Å². The molecular weight excluding hydrogens is 260 g/mol. The largest absolute Gasteiger partial charge is 0.493 e. The summed E-state index contributed by atoms with van der Waals surface area (Å²) in [5.41, 5.74) is 0.871. The van der Waals surface area contributed by atoms with Crippen LogP contribution in [0.1, 0.15) is 6.92 Å². The molecule has 0 spiro atoms. The second-order valence-electron chi connectivity index (χ2n) is 3.93. The molecule has 0 unspecified atom stereocenters. The van der Waals surface area contributed by atoms with Crippen molar-refractivity contribution in [1.29, 1.82) is 0 Å². The first kappa shape index (κ1) is 13.8. The molecule has 104 valence electrons. The van der Waals surface area contributed by atoms with Crippen molar-refractivity contribution in [2.45, 2.75) is 6.92 Å². The van der Waals surface area contributed by atoms with Crippen LogP contribution >= 0.6 is 0 Å². The molecule has 0 N–H and O–H groups in total. The third-order valence-corrected chi connectivity index (χ3v) is 2.72. The van der Waals surface area contributed by atoms with Crippen molar-refractivity contribution in [3.05, 3.63) is 46.6 Å². The lowest BCUT2D eigenvalue weighted by molar-refractivity contribution is -0.384. The van der Waals surface area contributed by atoms with E-state index < -0.39 is 4.92 Å². The first-order valence-corrected chi connectivity index (χ1v) is 6.08. The molecule has 0 fully saturated rings. The van der Waals surface area contributed by atoms with Crippen LogP contribution in [-0.2, 0) is 0 Å². The number of methoxy groups -OCH3 is 1. The summed E-state index contributed by atoms with van der Waals surface area (Å²) >= 11 is 0. The van der Waals surface area contributed by atoms with Crippen molar-refractivity contribution in [3.8, 4) is 22.8 Å². The predicted octanol–water partition coefficient (Wildman–Crippen LogP) is 3.06. The SMILES string of the molecule is CCOc1ccc(-c2ncccc2[N+](=O)[O-])cc1OC. The monoisotopic (exact) mass is 274 g/mol. The highest BCUT2D eigenvalue weighted by molar-refractivity contribution is 5.71. The third kappa shape index (κ3) is 2.69. The Bertz CT molecular complexity index is 628. The van der Waals surface area contributed by atoms with Crippen molar-refractivity contribution >= 4 is 5.69 Å². The van der Waals surface area contributed by atoms with E-state index in [1.54, 1.807) is 18.2 Å². The van der Waals surface area contributed by atoms with Crippen LogP contribution in [0.5, 0.6) is 11.5 Å². The molecule has 6 heteroatoms. The molecule has 1 aromatic carbocycles. The van der Waals surface area contributed by atoms with Gasteiger partial charge >= 0.3 is 0 Å². The minimum Gasteiger partial charge on any atom is -0.493 e. The summed E-state index contributed by atoms with van der Waals surface area (Å²) in [5, 5.41) is 11.0. The number of aromatic nitrogens is 1. The third-order valence-electron chi connectivity index (χ3n) is 2.72. The van der Waals surface area contributed by atoms with Gasteiger partial charge in [-0.2, -0.15) is 0 Å². The van der Waals surface area contributed by atoms with Crippen molar-refractivity contribution in [2.24, 2.45) is 0 Å². The van der Waals surface area contributed by atoms with E-state index in [0.29, 0.717) is 29.4 Å². The summed E-state index contributed by atoms with van der Waals surface area (Å²) in [6.45, 7) is 2.39. The highest BCUT2D eigenvalue weighted by atomic mass is 16.6. The zero-order valence-corrected chi connectivity index (χ0v) is 11.2. The summed E-state index contributed by atoms with van der Waals surface area (Å²) in [6.07, 6.45) is 1.52. The second-order valence-corrected chi connectivity index (χ2v) is 3.93. The van der Waals surface area contributed by atoms with Crippen LogP contribution in [0.2, 0.25) is 0 Å². The number of ether oxygens (including phenoxy) is 2. The number of nitrogens with zero attached hydrogens (tertiary/aromatic N) is 2. The van der Waals surface area contributed by atoms with E-state index in [2.05, 4.69) is 4.98 Å². The van der Waals surface area contributed by atoms with E-state index in [1.807, 2.05) is 6.92 Å². The predicted molar refractivity (Wildman–Crippen MR) is 74.0 cm³/mol. The maximum Gasteiger partial charge on any atom is 0.295 e. The number of benzene rings is 1. The lowest BCUT2D eigenvalue weighted by atomic mass is 10.1. The minimum atomic E-state index is -0.453. The van der Waals surface area contributed by atoms with Crippen molar-refractivity contribution in [2.75, 3.05) is 13.7 Å². The van der Waals surface area contributed by atoms with Crippen LogP contribution in [0.4, 0.5) is 5.69 Å². The fraction of sp³-hybridized carbons (Fsp3) is 0.214. The molecule has 0 aliphatic rings. The molecule has 0 radical (unpaired) electrons. The summed E-state index contributed by atoms with van der Waals surface area (Å²) in [7, 11) is 1.52. The van der Waals surface area contributed by atoms with Crippen LogP contribution in [0.25, 0.3) is 11.3 Å². The number of hydrogen-bond acceptors (Lipinski definition) is 5. The van der Waals surface area contributed by atoms with E-state index in [1.165, 1.54) is 25.4 Å². The summed E-state index contributed by atoms with van der Waals surface area (Å²) in [4.78, 5) is 14.7. The lowest BCUT2D eigenvalue weighted by Crippen LogP contribution is -1.97. The van der Waals surface area contributed by atoms with Crippen molar-refractivity contribution in [3.63, 3.8) is 0 Å². The Morgan fingerprint density at radius 3 is 2.75 bits per heavy atom. The van der Waals surface area contributed by atoms with Crippen LogP contribution in [-0.4, -0.2) is 23.6 Å². The first-order valence-electron chi connectivity index (χ1n) is 6.08. The zero-order valence-electron chi connectivity index (χ0n) is 11.2. The van der Waals surface area contributed by atoms with E-state index in [0.717, 1.165) is 0 Å². The van der Waals surface area contributed by atoms with Gasteiger partial charge in [0.15, 0.2) is 11.5 Å². The average molecular weight is 274 g/mol. The maximum atomic E-state index is 11.0. The highest BCUT2D eigenvalue weighted by Crippen LogP contribution is 2.34. The Morgan fingerprint density at radius 1 is 1.30 bits per heavy atom. The molecule has 1 heterocycles. The van der Waals surface area contributed by atoms with Gasteiger partial charge in [-0.25, -0.2) is 4.98 Å². The van der Waals surface area contributed by atoms with Gasteiger partial charge in [-0.3, -0.25) is 10.1 Å². The van der Waals surface area contributed by atoms with Gasteiger partial charge < -0.3 is 9.47 Å². The van der Waals surface area contributed by atoms with E-state index in [9.17, 15) is 10.1 Å². The smallest absolute Gasteiger partial charge is 0.295 e. The normalized spacial score (nSPS) is 10.1. The molecule has 20 heavy (non-hydrogen) atoms. The van der Waals surface area contributed by atoms with Gasteiger partial charge in [-0.15, -0.1) is 0 Å². The highest BCUT2D eigenvalue weighted by Gasteiger charge is 2.17. The molecule has 0 aliphatic carbocycles. The molecule has 0 aliphatic heterocycles. The van der Waals surface area contributed by atoms with Gasteiger partial charge in [0.1, 0.15) is 5.69 Å². The van der Waals surface area contributed by atoms with Crippen LogP contribution in [0, 0.1) is 10.1 Å². The van der Waals surface area contributed by atoms with Crippen LogP contribution in [0.3, 0.4) is 0 Å². The van der Waals surface area contributed by atoms with Crippen LogP contribution in [0.15, 0.2) is 36.5 Å². The molecule has 1 aromatic heterocycles. The van der Waals surface area contributed by atoms with Crippen LogP contribution < -0.4 is 9.47 Å². The molecule has 2 aromatic rings. The minimum absolute atomic E-state index is 0.0429. The quantitative estimate of drug-likeness (QED) is 0.618. The molecule has 2 rings (SSSR count). The van der Waals surface area contributed by atoms with Gasteiger partial charge in [0.25, 0.3) is 5.69 Å². The van der Waals surface area contributed by atoms with Gasteiger partial charge in [-0.1, -0.05) is 0 Å². The van der Waals surface area contributed by atoms with E-state index >= 15 is 0 Å². The molecule has 0 amide bonds. The zero-order chi connectivity index (χ0) is 14.5.